The molecule has 3 heterocycles. The first kappa shape index (κ1) is 19.1. The summed E-state index contributed by atoms with van der Waals surface area (Å²) in [6.07, 6.45) is 0.917. The van der Waals surface area contributed by atoms with E-state index in [2.05, 4.69) is 26.6 Å². The average Bonchev–Trinajstić information content (AvgIpc) is 3.39. The van der Waals surface area contributed by atoms with E-state index in [0.717, 1.165) is 28.5 Å². The van der Waals surface area contributed by atoms with E-state index in [0.29, 0.717) is 23.0 Å². The van der Waals surface area contributed by atoms with Crippen molar-refractivity contribution in [3.63, 3.8) is 0 Å². The van der Waals surface area contributed by atoms with Crippen LogP contribution in [-0.4, -0.2) is 28.1 Å². The first-order valence-electron chi connectivity index (χ1n) is 8.48. The molecule has 0 fully saturated rings. The van der Waals surface area contributed by atoms with Gasteiger partial charge in [0, 0.05) is 6.54 Å². The predicted molar refractivity (Wildman–Crippen MR) is 109 cm³/mol. The van der Waals surface area contributed by atoms with Crippen molar-refractivity contribution in [2.75, 3.05) is 0 Å². The summed E-state index contributed by atoms with van der Waals surface area (Å²) in [5.74, 6) is 1.57. The van der Waals surface area contributed by atoms with Crippen molar-refractivity contribution in [2.24, 2.45) is 5.14 Å². The highest BCUT2D eigenvalue weighted by Gasteiger charge is 2.16. The number of imidazole rings is 1. The summed E-state index contributed by atoms with van der Waals surface area (Å²) < 4.78 is 30.6. The van der Waals surface area contributed by atoms with Gasteiger partial charge >= 0.3 is 0 Å². The second kappa shape index (κ2) is 7.66. The Bertz CT molecular complexity index is 1210. The lowest BCUT2D eigenvalue weighted by molar-refractivity contribution is 0.426. The number of nitrogens with two attached hydrogens (primary N) is 1. The summed E-state index contributed by atoms with van der Waals surface area (Å²) >= 11 is 3.02. The number of fused-ring (bicyclic) bond motifs is 1. The van der Waals surface area contributed by atoms with Crippen molar-refractivity contribution in [1.29, 1.82) is 0 Å². The Hall–Kier alpha value is -2.21. The molecule has 4 aromatic rings. The minimum absolute atomic E-state index is 0.0523. The number of sulfonamides is 1. The lowest BCUT2D eigenvalue weighted by atomic mass is 10.3. The normalized spacial score (nSPS) is 12.1. The maximum Gasteiger partial charge on any atom is 0.268 e. The molecule has 0 aliphatic heterocycles. The highest BCUT2D eigenvalue weighted by molar-refractivity contribution is 7.98. The number of thiophene rings is 1. The second-order valence-corrected chi connectivity index (χ2v) is 9.47. The number of hydrogen-bond acceptors (Lipinski definition) is 8. The largest absolute Gasteiger partial charge is 0.333 e. The minimum atomic E-state index is -3.77. The lowest BCUT2D eigenvalue weighted by Crippen LogP contribution is -2.11. The molecule has 0 aliphatic carbocycles. The Morgan fingerprint density at radius 2 is 2.14 bits per heavy atom. The van der Waals surface area contributed by atoms with Crippen molar-refractivity contribution < 1.29 is 12.9 Å². The lowest BCUT2D eigenvalue weighted by Gasteiger charge is -2.06. The Morgan fingerprint density at radius 3 is 2.86 bits per heavy atom. The van der Waals surface area contributed by atoms with Gasteiger partial charge in [-0.25, -0.2) is 18.5 Å². The van der Waals surface area contributed by atoms with Gasteiger partial charge in [0.25, 0.3) is 5.89 Å². The Labute approximate surface area is 169 Å². The Kier molecular flexibility index (Phi) is 5.23. The summed E-state index contributed by atoms with van der Waals surface area (Å²) in [6, 6.07) is 8.61. The van der Waals surface area contributed by atoms with Crippen LogP contribution < -0.4 is 5.14 Å². The molecule has 0 atom stereocenters. The third-order valence-corrected chi connectivity index (χ3v) is 6.73. The second-order valence-electron chi connectivity index (χ2n) is 6.02. The molecular formula is C17H17N5O3S3. The fourth-order valence-electron chi connectivity index (χ4n) is 2.76. The molecule has 4 rings (SSSR count). The van der Waals surface area contributed by atoms with E-state index in [4.69, 9.17) is 9.66 Å². The van der Waals surface area contributed by atoms with E-state index >= 15 is 0 Å². The molecule has 0 amide bonds. The van der Waals surface area contributed by atoms with Crippen molar-refractivity contribution in [3.8, 4) is 10.8 Å². The molecule has 0 spiro atoms. The highest BCUT2D eigenvalue weighted by Crippen LogP contribution is 2.29. The number of hydrogen-bond donors (Lipinski definition) is 1. The number of thioether (sulfide) groups is 1. The number of aryl methyl sites for hydroxylation is 1. The zero-order valence-corrected chi connectivity index (χ0v) is 17.4. The topological polar surface area (TPSA) is 117 Å². The standard InChI is InChI=1S/C17H17N5O3S3/c1-2-7-22-13-6-5-11(28(18,23)24)9-12(13)19-17(22)27-10-15-20-16(25-21-15)14-4-3-8-26-14/h3-6,8-9H,2,7,10H2,1H3,(H2,18,23,24). The molecule has 8 nitrogen and oxygen atoms in total. The summed E-state index contributed by atoms with van der Waals surface area (Å²) in [5, 5.41) is 12.0. The number of aromatic nitrogens is 4. The first-order valence-corrected chi connectivity index (χ1v) is 11.9. The number of primary sulfonamides is 1. The first-order chi connectivity index (χ1) is 13.5. The summed E-state index contributed by atoms with van der Waals surface area (Å²) in [5.41, 5.74) is 1.46. The van der Waals surface area contributed by atoms with E-state index in [-0.39, 0.29) is 4.90 Å². The van der Waals surface area contributed by atoms with Crippen LogP contribution in [0.15, 0.2) is 50.3 Å². The number of nitrogens with zero attached hydrogens (tertiary/aromatic N) is 4. The quantitative estimate of drug-likeness (QED) is 0.442. The zero-order chi connectivity index (χ0) is 19.7. The average molecular weight is 436 g/mol. The van der Waals surface area contributed by atoms with Crippen LogP contribution in [0.4, 0.5) is 0 Å². The van der Waals surface area contributed by atoms with E-state index in [1.807, 2.05) is 17.5 Å². The summed E-state index contributed by atoms with van der Waals surface area (Å²) in [7, 11) is -3.77. The van der Waals surface area contributed by atoms with Gasteiger partial charge in [-0.2, -0.15) is 4.98 Å². The van der Waals surface area contributed by atoms with Crippen LogP contribution in [-0.2, 0) is 22.3 Å². The van der Waals surface area contributed by atoms with Gasteiger partial charge in [-0.15, -0.1) is 11.3 Å². The summed E-state index contributed by atoms with van der Waals surface area (Å²) in [4.78, 5) is 10.0. The highest BCUT2D eigenvalue weighted by atomic mass is 32.2. The number of benzene rings is 1. The third-order valence-electron chi connectivity index (χ3n) is 3.99. The van der Waals surface area contributed by atoms with Crippen LogP contribution in [0.25, 0.3) is 21.8 Å². The SMILES string of the molecule is CCCn1c(SCc2noc(-c3cccs3)n2)nc2cc(S(N)(=O)=O)ccc21. The molecule has 0 unspecified atom stereocenters. The Balaban J connectivity index is 1.61. The van der Waals surface area contributed by atoms with E-state index in [1.165, 1.54) is 23.9 Å². The van der Waals surface area contributed by atoms with E-state index in [1.54, 1.807) is 17.4 Å². The molecule has 11 heteroatoms. The van der Waals surface area contributed by atoms with Gasteiger partial charge in [0.2, 0.25) is 10.0 Å². The maximum absolute atomic E-state index is 11.6. The van der Waals surface area contributed by atoms with Crippen LogP contribution in [0, 0.1) is 0 Å². The van der Waals surface area contributed by atoms with Gasteiger partial charge < -0.3 is 9.09 Å². The van der Waals surface area contributed by atoms with Gasteiger partial charge in [0.1, 0.15) is 0 Å². The van der Waals surface area contributed by atoms with Crippen molar-refractivity contribution in [2.45, 2.75) is 35.7 Å². The smallest absolute Gasteiger partial charge is 0.268 e. The number of rotatable bonds is 7. The van der Waals surface area contributed by atoms with Gasteiger partial charge in [0.05, 0.1) is 26.6 Å². The summed E-state index contributed by atoms with van der Waals surface area (Å²) in [6.45, 7) is 2.84. The molecular weight excluding hydrogens is 418 g/mol. The maximum atomic E-state index is 11.6. The van der Waals surface area contributed by atoms with Crippen molar-refractivity contribution in [3.05, 3.63) is 41.5 Å². The Morgan fingerprint density at radius 1 is 1.29 bits per heavy atom. The molecule has 1 aromatic carbocycles. The van der Waals surface area contributed by atoms with Crippen molar-refractivity contribution in [1.82, 2.24) is 19.7 Å². The monoisotopic (exact) mass is 435 g/mol. The predicted octanol–water partition coefficient (Wildman–Crippen LogP) is 3.50. The molecule has 3 aromatic heterocycles. The van der Waals surface area contributed by atoms with Gasteiger partial charge in [-0.3, -0.25) is 0 Å². The van der Waals surface area contributed by atoms with E-state index in [9.17, 15) is 8.42 Å². The molecule has 0 bridgehead atoms. The van der Waals surface area contributed by atoms with Crippen molar-refractivity contribution >= 4 is 44.2 Å². The minimum Gasteiger partial charge on any atom is -0.333 e. The molecule has 2 N–H and O–H groups in total. The zero-order valence-electron chi connectivity index (χ0n) is 14.9. The van der Waals surface area contributed by atoms with Crippen LogP contribution in [0.1, 0.15) is 19.2 Å². The molecule has 28 heavy (non-hydrogen) atoms. The molecule has 146 valence electrons. The van der Waals surface area contributed by atoms with Crippen LogP contribution >= 0.6 is 23.1 Å². The van der Waals surface area contributed by atoms with Crippen LogP contribution in [0.3, 0.4) is 0 Å². The molecule has 0 saturated heterocycles. The molecule has 0 aliphatic rings. The van der Waals surface area contributed by atoms with Gasteiger partial charge in [-0.05, 0) is 36.1 Å². The van der Waals surface area contributed by atoms with Crippen LogP contribution in [0.5, 0.6) is 0 Å². The van der Waals surface area contributed by atoms with Gasteiger partial charge in [-0.1, -0.05) is 29.9 Å². The fourth-order valence-corrected chi connectivity index (χ4v) is 4.82. The molecule has 0 radical (unpaired) electrons. The van der Waals surface area contributed by atoms with Gasteiger partial charge in [0.15, 0.2) is 11.0 Å². The fraction of sp³-hybridized carbons (Fsp3) is 0.235. The van der Waals surface area contributed by atoms with E-state index < -0.39 is 10.0 Å². The van der Waals surface area contributed by atoms with Crippen LogP contribution in [0.2, 0.25) is 0 Å². The molecule has 0 saturated carbocycles. The third kappa shape index (κ3) is 3.83.